The minimum atomic E-state index is -3.61. The molecule has 0 fully saturated rings. The highest BCUT2D eigenvalue weighted by atomic mass is 32.2. The predicted molar refractivity (Wildman–Crippen MR) is 98.6 cm³/mol. The summed E-state index contributed by atoms with van der Waals surface area (Å²) < 4.78 is 27.4. The van der Waals surface area contributed by atoms with Crippen LogP contribution in [0.4, 0.5) is 5.69 Å². The molecule has 5 heteroatoms. The van der Waals surface area contributed by atoms with Gasteiger partial charge in [-0.25, -0.2) is 8.42 Å². The average molecular weight is 348 g/mol. The van der Waals surface area contributed by atoms with Crippen LogP contribution < -0.4 is 4.72 Å². The first-order valence-corrected chi connectivity index (χ1v) is 9.16. The predicted octanol–water partition coefficient (Wildman–Crippen LogP) is 4.33. The Balaban J connectivity index is 1.83. The summed E-state index contributed by atoms with van der Waals surface area (Å²) in [6.07, 6.45) is 0. The molecule has 0 spiro atoms. The van der Waals surface area contributed by atoms with Crippen LogP contribution in [0.5, 0.6) is 0 Å². The van der Waals surface area contributed by atoms with E-state index in [9.17, 15) is 8.42 Å². The summed E-state index contributed by atoms with van der Waals surface area (Å²) in [5.41, 5.74) is 3.90. The summed E-state index contributed by atoms with van der Waals surface area (Å²) in [4.78, 5) is 0.226. The first-order valence-electron chi connectivity index (χ1n) is 7.68. The average Bonchev–Trinajstić information content (AvgIpc) is 2.62. The fourth-order valence-corrected chi connectivity index (χ4v) is 3.49. The van der Waals surface area contributed by atoms with Crippen molar-refractivity contribution in [2.75, 3.05) is 4.72 Å². The SMILES string of the molecule is Cc1ccc(S(=O)(=O)Nc2ccc(-c3cccc(C#N)c3)cc2)cc1. The molecule has 0 atom stereocenters. The first-order chi connectivity index (χ1) is 12.0. The van der Waals surface area contributed by atoms with Crippen LogP contribution in [0.25, 0.3) is 11.1 Å². The van der Waals surface area contributed by atoms with Gasteiger partial charge in [0.05, 0.1) is 16.5 Å². The maximum Gasteiger partial charge on any atom is 0.261 e. The third kappa shape index (κ3) is 3.87. The molecule has 0 heterocycles. The van der Waals surface area contributed by atoms with Gasteiger partial charge in [-0.1, -0.05) is 42.0 Å². The molecular formula is C20H16N2O2S. The van der Waals surface area contributed by atoms with Crippen molar-refractivity contribution in [3.05, 3.63) is 83.9 Å². The molecule has 0 saturated heterocycles. The van der Waals surface area contributed by atoms with Gasteiger partial charge in [0.2, 0.25) is 0 Å². The maximum absolute atomic E-state index is 12.4. The van der Waals surface area contributed by atoms with Gasteiger partial charge in [0.1, 0.15) is 0 Å². The summed E-state index contributed by atoms with van der Waals surface area (Å²) in [6.45, 7) is 1.91. The van der Waals surface area contributed by atoms with Crippen molar-refractivity contribution in [2.45, 2.75) is 11.8 Å². The van der Waals surface area contributed by atoms with Gasteiger partial charge in [-0.2, -0.15) is 5.26 Å². The van der Waals surface area contributed by atoms with E-state index < -0.39 is 10.0 Å². The van der Waals surface area contributed by atoms with E-state index in [0.717, 1.165) is 16.7 Å². The van der Waals surface area contributed by atoms with Crippen molar-refractivity contribution in [3.8, 4) is 17.2 Å². The molecule has 1 N–H and O–H groups in total. The highest BCUT2D eigenvalue weighted by molar-refractivity contribution is 7.92. The highest BCUT2D eigenvalue weighted by Crippen LogP contribution is 2.23. The molecule has 0 saturated carbocycles. The molecule has 0 aliphatic carbocycles. The Morgan fingerprint density at radius 2 is 1.56 bits per heavy atom. The summed E-state index contributed by atoms with van der Waals surface area (Å²) in [7, 11) is -3.61. The number of nitriles is 1. The lowest BCUT2D eigenvalue weighted by Gasteiger charge is -2.09. The standard InChI is InChI=1S/C20H16N2O2S/c1-15-5-11-20(12-6-15)25(23,24)22-19-9-7-17(8-10-19)18-4-2-3-16(13-18)14-21/h2-13,22H,1H3. The van der Waals surface area contributed by atoms with E-state index in [-0.39, 0.29) is 4.90 Å². The molecule has 0 unspecified atom stereocenters. The van der Waals surface area contributed by atoms with Gasteiger partial charge in [0.15, 0.2) is 0 Å². The van der Waals surface area contributed by atoms with Gasteiger partial charge in [-0.05, 0) is 54.4 Å². The molecule has 0 aromatic heterocycles. The van der Waals surface area contributed by atoms with E-state index in [1.165, 1.54) is 0 Å². The Labute approximate surface area is 147 Å². The lowest BCUT2D eigenvalue weighted by atomic mass is 10.0. The van der Waals surface area contributed by atoms with E-state index in [1.807, 2.05) is 31.2 Å². The normalized spacial score (nSPS) is 10.9. The zero-order valence-corrected chi connectivity index (χ0v) is 14.4. The number of benzene rings is 3. The zero-order valence-electron chi connectivity index (χ0n) is 13.6. The molecule has 3 aromatic rings. The molecule has 124 valence electrons. The smallest absolute Gasteiger partial charge is 0.261 e. The fourth-order valence-electron chi connectivity index (χ4n) is 2.43. The fraction of sp³-hybridized carbons (Fsp3) is 0.0500. The topological polar surface area (TPSA) is 70.0 Å². The second-order valence-electron chi connectivity index (χ2n) is 5.69. The van der Waals surface area contributed by atoms with E-state index >= 15 is 0 Å². The van der Waals surface area contributed by atoms with Crippen LogP contribution in [0, 0.1) is 18.3 Å². The van der Waals surface area contributed by atoms with Crippen LogP contribution in [0.2, 0.25) is 0 Å². The summed E-state index contributed by atoms with van der Waals surface area (Å²) >= 11 is 0. The number of nitrogens with zero attached hydrogens (tertiary/aromatic N) is 1. The second kappa shape index (κ2) is 6.80. The van der Waals surface area contributed by atoms with E-state index in [1.54, 1.807) is 48.5 Å². The third-order valence-corrected chi connectivity index (χ3v) is 5.19. The van der Waals surface area contributed by atoms with Gasteiger partial charge >= 0.3 is 0 Å². The largest absolute Gasteiger partial charge is 0.280 e. The molecule has 4 nitrogen and oxygen atoms in total. The molecule has 0 amide bonds. The lowest BCUT2D eigenvalue weighted by molar-refractivity contribution is 0.601. The van der Waals surface area contributed by atoms with Gasteiger partial charge in [0.25, 0.3) is 10.0 Å². The van der Waals surface area contributed by atoms with E-state index in [2.05, 4.69) is 10.8 Å². The number of anilines is 1. The Morgan fingerprint density at radius 3 is 2.20 bits per heavy atom. The van der Waals surface area contributed by atoms with Crippen LogP contribution in [0.3, 0.4) is 0 Å². The third-order valence-electron chi connectivity index (χ3n) is 3.79. The minimum absolute atomic E-state index is 0.226. The highest BCUT2D eigenvalue weighted by Gasteiger charge is 2.13. The monoisotopic (exact) mass is 348 g/mol. The van der Waals surface area contributed by atoms with Crippen molar-refractivity contribution < 1.29 is 8.42 Å². The van der Waals surface area contributed by atoms with Crippen LogP contribution >= 0.6 is 0 Å². The molecule has 25 heavy (non-hydrogen) atoms. The number of aryl methyl sites for hydroxylation is 1. The Hall–Kier alpha value is -3.10. The number of hydrogen-bond acceptors (Lipinski definition) is 3. The molecular weight excluding hydrogens is 332 g/mol. The first kappa shape index (κ1) is 16.7. The van der Waals surface area contributed by atoms with Gasteiger partial charge in [0, 0.05) is 5.69 Å². The van der Waals surface area contributed by atoms with Gasteiger partial charge in [-0.15, -0.1) is 0 Å². The van der Waals surface area contributed by atoms with Crippen molar-refractivity contribution in [1.82, 2.24) is 0 Å². The Morgan fingerprint density at radius 1 is 0.880 bits per heavy atom. The molecule has 0 aliphatic heterocycles. The van der Waals surface area contributed by atoms with Crippen molar-refractivity contribution in [3.63, 3.8) is 0 Å². The van der Waals surface area contributed by atoms with Crippen LogP contribution in [-0.4, -0.2) is 8.42 Å². The number of rotatable bonds is 4. The van der Waals surface area contributed by atoms with Crippen LogP contribution in [-0.2, 0) is 10.0 Å². The van der Waals surface area contributed by atoms with Crippen LogP contribution in [0.1, 0.15) is 11.1 Å². The molecule has 3 rings (SSSR count). The summed E-state index contributed by atoms with van der Waals surface area (Å²) in [5, 5.41) is 8.98. The van der Waals surface area contributed by atoms with Crippen LogP contribution in [0.15, 0.2) is 77.7 Å². The minimum Gasteiger partial charge on any atom is -0.280 e. The second-order valence-corrected chi connectivity index (χ2v) is 7.37. The zero-order chi connectivity index (χ0) is 17.9. The Kier molecular flexibility index (Phi) is 4.55. The number of sulfonamides is 1. The maximum atomic E-state index is 12.4. The number of nitrogens with one attached hydrogen (secondary N) is 1. The molecule has 0 aliphatic rings. The van der Waals surface area contributed by atoms with Crippen molar-refractivity contribution in [2.24, 2.45) is 0 Å². The molecule has 0 radical (unpaired) electrons. The van der Waals surface area contributed by atoms with Crippen molar-refractivity contribution >= 4 is 15.7 Å². The lowest BCUT2D eigenvalue weighted by Crippen LogP contribution is -2.12. The molecule has 3 aromatic carbocycles. The number of hydrogen-bond donors (Lipinski definition) is 1. The Bertz CT molecular complexity index is 1030. The quantitative estimate of drug-likeness (QED) is 0.763. The summed E-state index contributed by atoms with van der Waals surface area (Å²) in [5.74, 6) is 0. The van der Waals surface area contributed by atoms with E-state index in [4.69, 9.17) is 5.26 Å². The van der Waals surface area contributed by atoms with Gasteiger partial charge in [-0.3, -0.25) is 4.72 Å². The van der Waals surface area contributed by atoms with Crippen molar-refractivity contribution in [1.29, 1.82) is 5.26 Å². The van der Waals surface area contributed by atoms with Gasteiger partial charge < -0.3 is 0 Å². The van der Waals surface area contributed by atoms with E-state index in [0.29, 0.717) is 11.3 Å². The summed E-state index contributed by atoms with van der Waals surface area (Å²) in [6, 6.07) is 23.1. The molecule has 0 bridgehead atoms.